The van der Waals surface area contributed by atoms with Gasteiger partial charge in [-0.25, -0.2) is 0 Å². The zero-order valence-electron chi connectivity index (χ0n) is 16.5. The van der Waals surface area contributed by atoms with Crippen molar-refractivity contribution in [3.05, 3.63) is 80.6 Å². The molecule has 5 rings (SSSR count). The van der Waals surface area contributed by atoms with Crippen LogP contribution >= 0.6 is 0 Å². The number of rotatable bonds is 2. The molecular formula is C24H21N3O2. The van der Waals surface area contributed by atoms with Crippen LogP contribution in [0.15, 0.2) is 64.2 Å². The molecular weight excluding hydrogens is 362 g/mol. The summed E-state index contributed by atoms with van der Waals surface area (Å²) in [6.45, 7) is 2.11. The molecule has 0 fully saturated rings. The Balaban J connectivity index is 1.86. The summed E-state index contributed by atoms with van der Waals surface area (Å²) in [4.78, 5) is 35.0. The summed E-state index contributed by atoms with van der Waals surface area (Å²) >= 11 is 0. The Labute approximate surface area is 166 Å². The molecule has 5 heteroatoms. The maximum absolute atomic E-state index is 13.3. The quantitative estimate of drug-likeness (QED) is 0.447. The molecule has 0 amide bonds. The first-order valence-electron chi connectivity index (χ1n) is 9.65. The van der Waals surface area contributed by atoms with Crippen LogP contribution in [0.2, 0.25) is 0 Å². The Morgan fingerprint density at radius 3 is 1.90 bits per heavy atom. The minimum Gasteiger partial charge on any atom is -0.354 e. The molecule has 2 aromatic heterocycles. The molecule has 0 bridgehead atoms. The van der Waals surface area contributed by atoms with Crippen molar-refractivity contribution >= 4 is 43.6 Å². The highest BCUT2D eigenvalue weighted by Gasteiger charge is 2.13. The number of pyridine rings is 2. The van der Waals surface area contributed by atoms with Crippen LogP contribution in [0.25, 0.3) is 43.6 Å². The summed E-state index contributed by atoms with van der Waals surface area (Å²) < 4.78 is 0. The van der Waals surface area contributed by atoms with Crippen molar-refractivity contribution < 1.29 is 0 Å². The highest BCUT2D eigenvalue weighted by atomic mass is 16.1. The smallest absolute Gasteiger partial charge is 0.197 e. The fraction of sp³-hybridized carbons (Fsp3) is 0.167. The van der Waals surface area contributed by atoms with Gasteiger partial charge in [-0.3, -0.25) is 9.59 Å². The number of benzene rings is 3. The molecule has 29 heavy (non-hydrogen) atoms. The van der Waals surface area contributed by atoms with E-state index in [1.165, 1.54) is 0 Å². The predicted octanol–water partition coefficient (Wildman–Crippen LogP) is 4.30. The zero-order valence-corrected chi connectivity index (χ0v) is 16.5. The van der Waals surface area contributed by atoms with Gasteiger partial charge < -0.3 is 14.9 Å². The summed E-state index contributed by atoms with van der Waals surface area (Å²) in [5.41, 5.74) is 3.91. The van der Waals surface area contributed by atoms with Crippen LogP contribution in [0.1, 0.15) is 18.5 Å². The lowest BCUT2D eigenvalue weighted by Crippen LogP contribution is -2.17. The van der Waals surface area contributed by atoms with E-state index < -0.39 is 0 Å². The number of nitrogens with one attached hydrogen (secondary N) is 2. The molecule has 0 aliphatic carbocycles. The first-order chi connectivity index (χ1) is 13.9. The number of nitrogens with zero attached hydrogens (tertiary/aromatic N) is 1. The van der Waals surface area contributed by atoms with Crippen LogP contribution in [0.3, 0.4) is 0 Å². The van der Waals surface area contributed by atoms with Gasteiger partial charge in [0.15, 0.2) is 10.9 Å². The second-order valence-electron chi connectivity index (χ2n) is 7.84. The van der Waals surface area contributed by atoms with Gasteiger partial charge >= 0.3 is 0 Å². The number of aromatic nitrogens is 2. The average Bonchev–Trinajstić information content (AvgIpc) is 2.73. The molecule has 5 nitrogen and oxygen atoms in total. The molecule has 0 spiro atoms. The molecule has 0 aliphatic rings. The van der Waals surface area contributed by atoms with Crippen LogP contribution in [0, 0.1) is 0 Å². The molecule has 0 saturated heterocycles. The molecule has 0 radical (unpaired) electrons. The van der Waals surface area contributed by atoms with Gasteiger partial charge in [0.1, 0.15) is 0 Å². The molecule has 144 valence electrons. The van der Waals surface area contributed by atoms with Gasteiger partial charge in [0.2, 0.25) is 0 Å². The van der Waals surface area contributed by atoms with E-state index in [9.17, 15) is 9.59 Å². The Morgan fingerprint density at radius 1 is 0.690 bits per heavy atom. The van der Waals surface area contributed by atoms with Crippen molar-refractivity contribution in [3.8, 4) is 0 Å². The third kappa shape index (κ3) is 2.66. The van der Waals surface area contributed by atoms with E-state index in [2.05, 4.69) is 21.8 Å². The lowest BCUT2D eigenvalue weighted by atomic mass is 10.0. The average molecular weight is 383 g/mol. The van der Waals surface area contributed by atoms with Crippen molar-refractivity contribution in [1.29, 1.82) is 0 Å². The van der Waals surface area contributed by atoms with Crippen LogP contribution in [-0.2, 0) is 0 Å². The molecule has 1 atom stereocenters. The first-order valence-corrected chi connectivity index (χ1v) is 9.65. The van der Waals surface area contributed by atoms with Crippen LogP contribution < -0.4 is 10.9 Å². The second-order valence-corrected chi connectivity index (χ2v) is 7.84. The van der Waals surface area contributed by atoms with Gasteiger partial charge in [-0.05, 0) is 63.0 Å². The van der Waals surface area contributed by atoms with Gasteiger partial charge in [-0.15, -0.1) is 0 Å². The molecule has 5 aromatic rings. The molecule has 0 saturated carbocycles. The number of hydrogen-bond acceptors (Lipinski definition) is 3. The van der Waals surface area contributed by atoms with Crippen molar-refractivity contribution in [1.82, 2.24) is 14.9 Å². The van der Waals surface area contributed by atoms with Crippen LogP contribution in [0.5, 0.6) is 0 Å². The van der Waals surface area contributed by atoms with Crippen molar-refractivity contribution in [3.63, 3.8) is 0 Å². The first kappa shape index (κ1) is 17.6. The predicted molar refractivity (Wildman–Crippen MR) is 120 cm³/mol. The summed E-state index contributed by atoms with van der Waals surface area (Å²) in [5, 5.41) is 2.45. The zero-order chi connectivity index (χ0) is 20.3. The van der Waals surface area contributed by atoms with Gasteiger partial charge in [0.05, 0.1) is 11.0 Å². The van der Waals surface area contributed by atoms with Gasteiger partial charge in [0.25, 0.3) is 0 Å². The number of fused-ring (bicyclic) bond motifs is 4. The minimum absolute atomic E-state index is 0.0301. The fourth-order valence-electron chi connectivity index (χ4n) is 3.97. The topological polar surface area (TPSA) is 69.0 Å². The van der Waals surface area contributed by atoms with Gasteiger partial charge in [0, 0.05) is 38.6 Å². The largest absolute Gasteiger partial charge is 0.354 e. The highest BCUT2D eigenvalue weighted by Crippen LogP contribution is 2.24. The maximum atomic E-state index is 13.3. The summed E-state index contributed by atoms with van der Waals surface area (Å²) in [5.74, 6) is 0. The van der Waals surface area contributed by atoms with Crippen molar-refractivity contribution in [2.45, 2.75) is 13.0 Å². The molecule has 0 aliphatic heterocycles. The van der Waals surface area contributed by atoms with Crippen LogP contribution in [0.4, 0.5) is 0 Å². The second kappa shape index (κ2) is 6.29. The van der Waals surface area contributed by atoms with E-state index in [1.807, 2.05) is 56.6 Å². The Kier molecular flexibility index (Phi) is 3.83. The number of aromatic amines is 2. The fourth-order valence-corrected chi connectivity index (χ4v) is 3.97. The Bertz CT molecular complexity index is 1540. The van der Waals surface area contributed by atoms with E-state index in [0.717, 1.165) is 16.6 Å². The van der Waals surface area contributed by atoms with E-state index in [1.54, 1.807) is 12.1 Å². The standard InChI is InChI=1S/C24H21N3O2/c1-13(27(2)3)14-8-9-20-16(10-14)24(29)18-12-21-17(11-22(18)26-20)23(28)15-6-4-5-7-19(15)25-21/h4-13H,1-3H3,(H,25,28)(H,26,29). The third-order valence-corrected chi connectivity index (χ3v) is 5.90. The Hall–Kier alpha value is -3.44. The molecule has 1 unspecified atom stereocenters. The molecule has 2 N–H and O–H groups in total. The van der Waals surface area contributed by atoms with E-state index >= 15 is 0 Å². The van der Waals surface area contributed by atoms with E-state index in [-0.39, 0.29) is 16.9 Å². The summed E-state index contributed by atoms with van der Waals surface area (Å²) in [6.07, 6.45) is 0. The number of H-pyrrole nitrogens is 2. The number of para-hydroxylation sites is 1. The molecule has 2 heterocycles. The molecule has 3 aromatic carbocycles. The third-order valence-electron chi connectivity index (χ3n) is 5.90. The highest BCUT2D eigenvalue weighted by molar-refractivity contribution is 6.02. The lowest BCUT2D eigenvalue weighted by Gasteiger charge is -2.20. The SMILES string of the molecule is CC(c1ccc2[nH]c3cc4c(=O)c5ccccc5[nH]c4cc3c(=O)c2c1)N(C)C. The van der Waals surface area contributed by atoms with E-state index in [0.29, 0.717) is 32.6 Å². The maximum Gasteiger partial charge on any atom is 0.197 e. The lowest BCUT2D eigenvalue weighted by molar-refractivity contribution is 0.321. The van der Waals surface area contributed by atoms with Gasteiger partial charge in [-0.2, -0.15) is 0 Å². The monoisotopic (exact) mass is 383 g/mol. The minimum atomic E-state index is -0.0349. The van der Waals surface area contributed by atoms with Crippen molar-refractivity contribution in [2.24, 2.45) is 0 Å². The van der Waals surface area contributed by atoms with E-state index in [4.69, 9.17) is 0 Å². The van der Waals surface area contributed by atoms with Crippen LogP contribution in [-0.4, -0.2) is 29.0 Å². The number of hydrogen-bond donors (Lipinski definition) is 2. The van der Waals surface area contributed by atoms with Crippen molar-refractivity contribution in [2.75, 3.05) is 14.1 Å². The summed E-state index contributed by atoms with van der Waals surface area (Å²) in [7, 11) is 4.04. The normalized spacial score (nSPS) is 13.1. The Morgan fingerprint density at radius 2 is 1.24 bits per heavy atom. The van der Waals surface area contributed by atoms with Gasteiger partial charge in [-0.1, -0.05) is 18.2 Å². The summed E-state index contributed by atoms with van der Waals surface area (Å²) in [6, 6.07) is 17.2.